The summed E-state index contributed by atoms with van der Waals surface area (Å²) in [7, 11) is 1.51. The molecular formula is C14H22N2O5. The standard InChI is InChI=1S/C14H22N2O5/c1-8(2)15-6-9(4-12(15)17)13(18)16-7-10(21-3)5-11(16)14(19)20/h8-11H,4-7H2,1-3H3,(H,19,20). The number of carbonyl (C=O) groups is 3. The summed E-state index contributed by atoms with van der Waals surface area (Å²) in [5.74, 6) is -1.76. The summed E-state index contributed by atoms with van der Waals surface area (Å²) in [5.41, 5.74) is 0. The molecule has 2 saturated heterocycles. The molecule has 2 rings (SSSR count). The average molecular weight is 298 g/mol. The van der Waals surface area contributed by atoms with Gasteiger partial charge in [0.05, 0.1) is 12.0 Å². The van der Waals surface area contributed by atoms with Crippen molar-refractivity contribution in [3.8, 4) is 0 Å². The van der Waals surface area contributed by atoms with Crippen LogP contribution in [0.4, 0.5) is 0 Å². The molecule has 0 aromatic heterocycles. The maximum absolute atomic E-state index is 12.6. The molecule has 0 aliphatic carbocycles. The minimum Gasteiger partial charge on any atom is -0.480 e. The first-order valence-electron chi connectivity index (χ1n) is 7.20. The molecule has 2 heterocycles. The van der Waals surface area contributed by atoms with E-state index in [1.54, 1.807) is 4.90 Å². The quantitative estimate of drug-likeness (QED) is 0.786. The van der Waals surface area contributed by atoms with E-state index in [2.05, 4.69) is 0 Å². The summed E-state index contributed by atoms with van der Waals surface area (Å²) in [5, 5.41) is 9.25. The van der Waals surface area contributed by atoms with E-state index in [9.17, 15) is 19.5 Å². The number of aliphatic carboxylic acids is 1. The molecule has 2 aliphatic heterocycles. The van der Waals surface area contributed by atoms with Gasteiger partial charge in [-0.05, 0) is 13.8 Å². The van der Waals surface area contributed by atoms with Crippen molar-refractivity contribution >= 4 is 17.8 Å². The summed E-state index contributed by atoms with van der Waals surface area (Å²) in [4.78, 5) is 38.8. The van der Waals surface area contributed by atoms with E-state index < -0.39 is 17.9 Å². The minimum atomic E-state index is -1.02. The van der Waals surface area contributed by atoms with Gasteiger partial charge in [-0.3, -0.25) is 9.59 Å². The molecule has 7 nitrogen and oxygen atoms in total. The van der Waals surface area contributed by atoms with Gasteiger partial charge in [0, 0.05) is 39.1 Å². The molecular weight excluding hydrogens is 276 g/mol. The van der Waals surface area contributed by atoms with Gasteiger partial charge in [0.1, 0.15) is 6.04 Å². The van der Waals surface area contributed by atoms with Gasteiger partial charge in [0.2, 0.25) is 11.8 Å². The number of amides is 2. The van der Waals surface area contributed by atoms with Crippen molar-refractivity contribution in [2.24, 2.45) is 5.92 Å². The van der Waals surface area contributed by atoms with Gasteiger partial charge in [0.15, 0.2) is 0 Å². The van der Waals surface area contributed by atoms with Gasteiger partial charge < -0.3 is 19.6 Å². The molecule has 0 spiro atoms. The van der Waals surface area contributed by atoms with Crippen LogP contribution >= 0.6 is 0 Å². The zero-order chi connectivity index (χ0) is 15.7. The first kappa shape index (κ1) is 15.8. The fraction of sp³-hybridized carbons (Fsp3) is 0.786. The van der Waals surface area contributed by atoms with Crippen LogP contribution in [0.1, 0.15) is 26.7 Å². The van der Waals surface area contributed by atoms with E-state index in [4.69, 9.17) is 4.74 Å². The number of nitrogens with zero attached hydrogens (tertiary/aromatic N) is 2. The first-order valence-corrected chi connectivity index (χ1v) is 7.20. The van der Waals surface area contributed by atoms with Gasteiger partial charge in [-0.15, -0.1) is 0 Å². The van der Waals surface area contributed by atoms with Crippen LogP contribution in [-0.2, 0) is 19.1 Å². The van der Waals surface area contributed by atoms with Crippen LogP contribution in [-0.4, -0.2) is 71.1 Å². The molecule has 0 radical (unpaired) electrons. The fourth-order valence-corrected chi connectivity index (χ4v) is 3.08. The Hall–Kier alpha value is -1.63. The highest BCUT2D eigenvalue weighted by atomic mass is 16.5. The molecule has 0 aromatic rings. The zero-order valence-electron chi connectivity index (χ0n) is 12.6. The molecule has 3 atom stereocenters. The number of ether oxygens (including phenoxy) is 1. The second-order valence-corrected chi connectivity index (χ2v) is 5.98. The molecule has 2 fully saturated rings. The van der Waals surface area contributed by atoms with Crippen molar-refractivity contribution in [2.45, 2.75) is 44.9 Å². The lowest BCUT2D eigenvalue weighted by Crippen LogP contribution is -2.44. The molecule has 0 aromatic carbocycles. The van der Waals surface area contributed by atoms with Gasteiger partial charge in [0.25, 0.3) is 0 Å². The highest BCUT2D eigenvalue weighted by molar-refractivity contribution is 5.91. The third kappa shape index (κ3) is 3.02. The maximum Gasteiger partial charge on any atom is 0.326 e. The Kier molecular flexibility index (Phi) is 4.51. The SMILES string of the molecule is COC1CC(C(=O)O)N(C(=O)C2CC(=O)N(C(C)C)C2)C1. The molecule has 0 bridgehead atoms. The number of likely N-dealkylation sites (tertiary alicyclic amines) is 2. The summed E-state index contributed by atoms with van der Waals surface area (Å²) in [6.07, 6.45) is 0.206. The molecule has 2 aliphatic rings. The Morgan fingerprint density at radius 2 is 2.00 bits per heavy atom. The van der Waals surface area contributed by atoms with Crippen molar-refractivity contribution in [1.82, 2.24) is 9.80 Å². The number of carbonyl (C=O) groups excluding carboxylic acids is 2. The van der Waals surface area contributed by atoms with Crippen LogP contribution in [0.25, 0.3) is 0 Å². The van der Waals surface area contributed by atoms with Crippen molar-refractivity contribution < 1.29 is 24.2 Å². The number of hydrogen-bond donors (Lipinski definition) is 1. The molecule has 7 heteroatoms. The predicted molar refractivity (Wildman–Crippen MR) is 73.5 cm³/mol. The van der Waals surface area contributed by atoms with E-state index in [0.717, 1.165) is 0 Å². The molecule has 3 unspecified atom stereocenters. The summed E-state index contributed by atoms with van der Waals surface area (Å²) >= 11 is 0. The molecule has 1 N–H and O–H groups in total. The van der Waals surface area contributed by atoms with E-state index in [1.807, 2.05) is 13.8 Å². The zero-order valence-corrected chi connectivity index (χ0v) is 12.6. The Balaban J connectivity index is 2.09. The molecule has 118 valence electrons. The molecule has 21 heavy (non-hydrogen) atoms. The van der Waals surface area contributed by atoms with E-state index in [0.29, 0.717) is 13.0 Å². The smallest absolute Gasteiger partial charge is 0.326 e. The van der Waals surface area contributed by atoms with Crippen LogP contribution in [0.3, 0.4) is 0 Å². The summed E-state index contributed by atoms with van der Waals surface area (Å²) < 4.78 is 5.18. The predicted octanol–water partition coefficient (Wildman–Crippen LogP) is -0.0562. The van der Waals surface area contributed by atoms with Crippen LogP contribution in [0.5, 0.6) is 0 Å². The Bertz CT molecular complexity index is 451. The largest absolute Gasteiger partial charge is 0.480 e. The van der Waals surface area contributed by atoms with Crippen molar-refractivity contribution in [3.63, 3.8) is 0 Å². The highest BCUT2D eigenvalue weighted by Gasteiger charge is 2.45. The monoisotopic (exact) mass is 298 g/mol. The van der Waals surface area contributed by atoms with Gasteiger partial charge in [-0.25, -0.2) is 4.79 Å². The van der Waals surface area contributed by atoms with E-state index in [-0.39, 0.29) is 36.9 Å². The average Bonchev–Trinajstić information content (AvgIpc) is 3.01. The van der Waals surface area contributed by atoms with Gasteiger partial charge >= 0.3 is 5.97 Å². The number of hydrogen-bond acceptors (Lipinski definition) is 4. The number of methoxy groups -OCH3 is 1. The Labute approximate surface area is 123 Å². The minimum absolute atomic E-state index is 0.0438. The normalized spacial score (nSPS) is 29.5. The van der Waals surface area contributed by atoms with Crippen LogP contribution < -0.4 is 0 Å². The van der Waals surface area contributed by atoms with Crippen LogP contribution in [0.15, 0.2) is 0 Å². The number of carboxylic acids is 1. The topological polar surface area (TPSA) is 87.1 Å². The van der Waals surface area contributed by atoms with Crippen molar-refractivity contribution in [3.05, 3.63) is 0 Å². The van der Waals surface area contributed by atoms with Gasteiger partial charge in [-0.1, -0.05) is 0 Å². The van der Waals surface area contributed by atoms with E-state index >= 15 is 0 Å². The Morgan fingerprint density at radius 1 is 1.33 bits per heavy atom. The lowest BCUT2D eigenvalue weighted by atomic mass is 10.1. The maximum atomic E-state index is 12.6. The fourth-order valence-electron chi connectivity index (χ4n) is 3.08. The number of rotatable bonds is 4. The van der Waals surface area contributed by atoms with Crippen LogP contribution in [0, 0.1) is 5.92 Å². The molecule has 2 amide bonds. The third-order valence-corrected chi connectivity index (χ3v) is 4.30. The van der Waals surface area contributed by atoms with Crippen LogP contribution in [0.2, 0.25) is 0 Å². The second kappa shape index (κ2) is 6.01. The van der Waals surface area contributed by atoms with E-state index in [1.165, 1.54) is 12.0 Å². The summed E-state index contributed by atoms with van der Waals surface area (Å²) in [6.45, 7) is 4.46. The third-order valence-electron chi connectivity index (χ3n) is 4.30. The highest BCUT2D eigenvalue weighted by Crippen LogP contribution is 2.27. The summed E-state index contributed by atoms with van der Waals surface area (Å²) in [6, 6.07) is -0.804. The lowest BCUT2D eigenvalue weighted by molar-refractivity contribution is -0.149. The first-order chi connectivity index (χ1) is 9.85. The van der Waals surface area contributed by atoms with Crippen molar-refractivity contribution in [2.75, 3.05) is 20.2 Å². The second-order valence-electron chi connectivity index (χ2n) is 5.98. The van der Waals surface area contributed by atoms with Gasteiger partial charge in [-0.2, -0.15) is 0 Å². The number of carboxylic acid groups (broad SMARTS) is 1. The molecule has 0 saturated carbocycles. The Morgan fingerprint density at radius 3 is 2.48 bits per heavy atom. The lowest BCUT2D eigenvalue weighted by Gasteiger charge is -2.25. The van der Waals surface area contributed by atoms with Crippen molar-refractivity contribution in [1.29, 1.82) is 0 Å².